The van der Waals surface area contributed by atoms with Crippen LogP contribution in [-0.4, -0.2) is 39.9 Å². The van der Waals surface area contributed by atoms with Crippen molar-refractivity contribution < 1.29 is 25.0 Å². The lowest BCUT2D eigenvalue weighted by molar-refractivity contribution is -0.129. The lowest BCUT2D eigenvalue weighted by atomic mass is 10.1. The van der Waals surface area contributed by atoms with Gasteiger partial charge in [0, 0.05) is 31.6 Å². The van der Waals surface area contributed by atoms with Gasteiger partial charge in [-0.3, -0.25) is 14.9 Å². The minimum atomic E-state index is -1.52. The van der Waals surface area contributed by atoms with E-state index in [9.17, 15) is 15.0 Å². The van der Waals surface area contributed by atoms with Gasteiger partial charge in [-0.15, -0.1) is 0 Å². The van der Waals surface area contributed by atoms with Crippen LogP contribution in [0.1, 0.15) is 29.4 Å². The standard InChI is InChI=1S/C19H24N2O5/c1-26-17-7-5-14(6-8-17)12-21(10-9-18(22)20-25)13-15-3-2-4-16(11-15)19(23)24/h2-8,11,19,23-25H,9-10,12-13H2,1H3,(H,20,22). The van der Waals surface area contributed by atoms with Crippen LogP contribution >= 0.6 is 0 Å². The van der Waals surface area contributed by atoms with E-state index in [0.717, 1.165) is 16.9 Å². The van der Waals surface area contributed by atoms with Crippen molar-refractivity contribution in [1.29, 1.82) is 0 Å². The van der Waals surface area contributed by atoms with E-state index in [1.54, 1.807) is 30.8 Å². The predicted octanol–water partition coefficient (Wildman–Crippen LogP) is 1.58. The Balaban J connectivity index is 2.11. The number of ether oxygens (including phenoxy) is 1. The van der Waals surface area contributed by atoms with Gasteiger partial charge in [0.15, 0.2) is 6.29 Å². The van der Waals surface area contributed by atoms with Crippen molar-refractivity contribution in [2.24, 2.45) is 0 Å². The van der Waals surface area contributed by atoms with Crippen LogP contribution in [0.5, 0.6) is 5.75 Å². The third-order valence-electron chi connectivity index (χ3n) is 4.00. The first-order valence-electron chi connectivity index (χ1n) is 8.25. The zero-order valence-electron chi connectivity index (χ0n) is 14.6. The second-order valence-electron chi connectivity index (χ2n) is 5.96. The molecule has 26 heavy (non-hydrogen) atoms. The van der Waals surface area contributed by atoms with Gasteiger partial charge in [0.2, 0.25) is 5.91 Å². The number of amides is 1. The Bertz CT molecular complexity index is 703. The van der Waals surface area contributed by atoms with Crippen molar-refractivity contribution in [3.05, 3.63) is 65.2 Å². The average Bonchev–Trinajstić information content (AvgIpc) is 2.66. The van der Waals surface area contributed by atoms with E-state index in [0.29, 0.717) is 25.2 Å². The van der Waals surface area contributed by atoms with Gasteiger partial charge < -0.3 is 14.9 Å². The summed E-state index contributed by atoms with van der Waals surface area (Å²) in [4.78, 5) is 13.4. The van der Waals surface area contributed by atoms with Crippen molar-refractivity contribution in [3.63, 3.8) is 0 Å². The molecular weight excluding hydrogens is 336 g/mol. The van der Waals surface area contributed by atoms with E-state index >= 15 is 0 Å². The summed E-state index contributed by atoms with van der Waals surface area (Å²) in [5.41, 5.74) is 4.00. The Morgan fingerprint density at radius 3 is 2.42 bits per heavy atom. The first-order valence-corrected chi connectivity index (χ1v) is 8.25. The fourth-order valence-electron chi connectivity index (χ4n) is 2.63. The number of benzene rings is 2. The highest BCUT2D eigenvalue weighted by Crippen LogP contribution is 2.17. The predicted molar refractivity (Wildman–Crippen MR) is 95.3 cm³/mol. The molecule has 2 aromatic carbocycles. The summed E-state index contributed by atoms with van der Waals surface area (Å²) in [6.07, 6.45) is -1.38. The van der Waals surface area contributed by atoms with E-state index in [4.69, 9.17) is 9.94 Å². The van der Waals surface area contributed by atoms with Crippen LogP contribution in [0.25, 0.3) is 0 Å². The summed E-state index contributed by atoms with van der Waals surface area (Å²) in [6.45, 7) is 1.55. The number of carbonyl (C=O) groups excluding carboxylic acids is 1. The van der Waals surface area contributed by atoms with Crippen LogP contribution in [0.4, 0.5) is 0 Å². The van der Waals surface area contributed by atoms with Crippen LogP contribution in [-0.2, 0) is 17.9 Å². The fraction of sp³-hybridized carbons (Fsp3) is 0.316. The fourth-order valence-corrected chi connectivity index (χ4v) is 2.63. The van der Waals surface area contributed by atoms with E-state index < -0.39 is 12.2 Å². The molecule has 4 N–H and O–H groups in total. The third kappa shape index (κ3) is 6.12. The number of carbonyl (C=O) groups is 1. The summed E-state index contributed by atoms with van der Waals surface area (Å²) < 4.78 is 5.16. The van der Waals surface area contributed by atoms with E-state index in [1.807, 2.05) is 35.2 Å². The zero-order valence-corrected chi connectivity index (χ0v) is 14.6. The largest absolute Gasteiger partial charge is 0.497 e. The van der Waals surface area contributed by atoms with E-state index in [1.165, 1.54) is 0 Å². The molecule has 0 unspecified atom stereocenters. The normalized spacial score (nSPS) is 11.0. The molecule has 2 aromatic rings. The average molecular weight is 360 g/mol. The van der Waals surface area contributed by atoms with E-state index in [2.05, 4.69) is 0 Å². The second-order valence-corrected chi connectivity index (χ2v) is 5.96. The Hall–Kier alpha value is -2.45. The summed E-state index contributed by atoms with van der Waals surface area (Å²) in [6, 6.07) is 14.7. The number of hydroxylamine groups is 1. The minimum absolute atomic E-state index is 0.148. The topological polar surface area (TPSA) is 102 Å². The maximum absolute atomic E-state index is 11.4. The highest BCUT2D eigenvalue weighted by Gasteiger charge is 2.11. The van der Waals surface area contributed by atoms with Gasteiger partial charge in [0.25, 0.3) is 0 Å². The lowest BCUT2D eigenvalue weighted by Crippen LogP contribution is -2.29. The zero-order chi connectivity index (χ0) is 18.9. The van der Waals surface area contributed by atoms with E-state index in [-0.39, 0.29) is 6.42 Å². The molecule has 0 radical (unpaired) electrons. The van der Waals surface area contributed by atoms with Gasteiger partial charge in [-0.25, -0.2) is 5.48 Å². The molecule has 0 bridgehead atoms. The third-order valence-corrected chi connectivity index (χ3v) is 4.00. The first kappa shape index (κ1) is 19.9. The quantitative estimate of drug-likeness (QED) is 0.308. The molecule has 0 aromatic heterocycles. The smallest absolute Gasteiger partial charge is 0.244 e. The molecule has 0 aliphatic rings. The molecule has 7 nitrogen and oxygen atoms in total. The summed E-state index contributed by atoms with van der Waals surface area (Å²) in [5.74, 6) is 0.314. The lowest BCUT2D eigenvalue weighted by Gasteiger charge is -2.23. The molecule has 0 spiro atoms. The van der Waals surface area contributed by atoms with Crippen molar-refractivity contribution in [3.8, 4) is 5.75 Å². The first-order chi connectivity index (χ1) is 12.5. The van der Waals surface area contributed by atoms with Gasteiger partial charge in [-0.05, 0) is 29.3 Å². The monoisotopic (exact) mass is 360 g/mol. The summed E-state index contributed by atoms with van der Waals surface area (Å²) in [5, 5.41) is 27.3. The number of hydrogen-bond donors (Lipinski definition) is 4. The maximum Gasteiger partial charge on any atom is 0.244 e. The van der Waals surface area contributed by atoms with Crippen molar-refractivity contribution >= 4 is 5.91 Å². The van der Waals surface area contributed by atoms with Gasteiger partial charge in [0.1, 0.15) is 5.75 Å². The molecule has 0 aliphatic heterocycles. The molecule has 0 saturated carbocycles. The van der Waals surface area contributed by atoms with Gasteiger partial charge in [-0.2, -0.15) is 0 Å². The Morgan fingerprint density at radius 2 is 1.81 bits per heavy atom. The molecule has 1 amide bonds. The second kappa shape index (κ2) is 9.88. The van der Waals surface area contributed by atoms with Crippen molar-refractivity contribution in [2.45, 2.75) is 25.8 Å². The van der Waals surface area contributed by atoms with Gasteiger partial charge in [0.05, 0.1) is 7.11 Å². The Morgan fingerprint density at radius 1 is 1.12 bits per heavy atom. The molecule has 0 atom stereocenters. The minimum Gasteiger partial charge on any atom is -0.497 e. The molecule has 7 heteroatoms. The number of aliphatic hydroxyl groups is 2. The highest BCUT2D eigenvalue weighted by molar-refractivity contribution is 5.74. The Labute approximate surface area is 152 Å². The molecule has 140 valence electrons. The molecule has 2 rings (SSSR count). The van der Waals surface area contributed by atoms with Crippen LogP contribution in [0.3, 0.4) is 0 Å². The molecule has 0 fully saturated rings. The number of nitrogens with zero attached hydrogens (tertiary/aromatic N) is 1. The SMILES string of the molecule is COc1ccc(CN(CCC(=O)NO)Cc2cccc(C(O)O)c2)cc1. The van der Waals surface area contributed by atoms with Crippen LogP contribution < -0.4 is 10.2 Å². The van der Waals surface area contributed by atoms with Gasteiger partial charge in [-0.1, -0.05) is 30.3 Å². The summed E-state index contributed by atoms with van der Waals surface area (Å²) >= 11 is 0. The van der Waals surface area contributed by atoms with Crippen molar-refractivity contribution in [1.82, 2.24) is 10.4 Å². The number of rotatable bonds is 9. The molecule has 0 heterocycles. The van der Waals surface area contributed by atoms with Crippen LogP contribution in [0, 0.1) is 0 Å². The molecular formula is C19H24N2O5. The number of aliphatic hydroxyl groups excluding tert-OH is 1. The number of hydrogen-bond acceptors (Lipinski definition) is 6. The molecule has 0 saturated heterocycles. The number of nitrogens with one attached hydrogen (secondary N) is 1. The maximum atomic E-state index is 11.4. The number of methoxy groups -OCH3 is 1. The van der Waals surface area contributed by atoms with Gasteiger partial charge >= 0.3 is 0 Å². The van der Waals surface area contributed by atoms with Crippen molar-refractivity contribution in [2.75, 3.05) is 13.7 Å². The Kier molecular flexibility index (Phi) is 7.55. The highest BCUT2D eigenvalue weighted by atomic mass is 16.5. The summed E-state index contributed by atoms with van der Waals surface area (Å²) in [7, 11) is 1.61. The van der Waals surface area contributed by atoms with Crippen LogP contribution in [0.2, 0.25) is 0 Å². The molecule has 0 aliphatic carbocycles. The van der Waals surface area contributed by atoms with Crippen LogP contribution in [0.15, 0.2) is 48.5 Å².